The minimum Gasteiger partial charge on any atom is -0.496 e. The molecule has 2 heterocycles. The SMILES string of the molecule is CCOC(=O)C1=C(c2ccccc2)N=c2sc(=Cc3ccccc3OC)c(=O)n2[C@@H]1c1c(OC)ccc2ccccc12. The number of hydrogen-bond donors (Lipinski definition) is 0. The number of carbonyl (C=O) groups excluding carboxylic acids is 1. The maximum absolute atomic E-state index is 14.3. The Morgan fingerprint density at radius 1 is 0.905 bits per heavy atom. The van der Waals surface area contributed by atoms with Crippen LogP contribution in [0, 0.1) is 0 Å². The molecule has 7 nitrogen and oxygen atoms in total. The number of ether oxygens (including phenoxy) is 3. The lowest BCUT2D eigenvalue weighted by Crippen LogP contribution is -2.40. The van der Waals surface area contributed by atoms with Gasteiger partial charge < -0.3 is 14.2 Å². The van der Waals surface area contributed by atoms with Crippen LogP contribution < -0.4 is 24.4 Å². The quantitative estimate of drug-likeness (QED) is 0.252. The predicted molar refractivity (Wildman–Crippen MR) is 165 cm³/mol. The van der Waals surface area contributed by atoms with E-state index < -0.39 is 12.0 Å². The summed E-state index contributed by atoms with van der Waals surface area (Å²) in [6, 6.07) is 27.8. The molecule has 4 aromatic carbocycles. The Labute approximate surface area is 246 Å². The van der Waals surface area contributed by atoms with E-state index in [4.69, 9.17) is 19.2 Å². The van der Waals surface area contributed by atoms with Gasteiger partial charge in [-0.15, -0.1) is 0 Å². The summed E-state index contributed by atoms with van der Waals surface area (Å²) in [5, 5.41) is 1.81. The topological polar surface area (TPSA) is 79.1 Å². The molecule has 0 bridgehead atoms. The molecule has 1 aliphatic rings. The second-order valence-electron chi connectivity index (χ2n) is 9.58. The molecule has 8 heteroatoms. The number of fused-ring (bicyclic) bond motifs is 2. The molecule has 0 amide bonds. The van der Waals surface area contributed by atoms with Crippen LogP contribution in [0.3, 0.4) is 0 Å². The van der Waals surface area contributed by atoms with Gasteiger partial charge in [0.05, 0.1) is 36.6 Å². The van der Waals surface area contributed by atoms with Gasteiger partial charge in [0.1, 0.15) is 17.5 Å². The van der Waals surface area contributed by atoms with Gasteiger partial charge in [0, 0.05) is 16.7 Å². The van der Waals surface area contributed by atoms with E-state index in [1.54, 1.807) is 31.8 Å². The molecule has 0 aliphatic carbocycles. The highest BCUT2D eigenvalue weighted by Crippen LogP contribution is 2.42. The van der Waals surface area contributed by atoms with Crippen LogP contribution in [0.2, 0.25) is 0 Å². The Morgan fingerprint density at radius 2 is 1.62 bits per heavy atom. The van der Waals surface area contributed by atoms with E-state index in [2.05, 4.69) is 0 Å². The largest absolute Gasteiger partial charge is 0.496 e. The number of benzene rings is 4. The third kappa shape index (κ3) is 4.69. The van der Waals surface area contributed by atoms with Gasteiger partial charge >= 0.3 is 5.97 Å². The zero-order valence-electron chi connectivity index (χ0n) is 23.4. The minimum atomic E-state index is -0.864. The van der Waals surface area contributed by atoms with Gasteiger partial charge in [-0.05, 0) is 35.9 Å². The number of para-hydroxylation sites is 1. The normalized spacial score (nSPS) is 14.8. The number of methoxy groups -OCH3 is 2. The van der Waals surface area contributed by atoms with Crippen LogP contribution in [-0.2, 0) is 9.53 Å². The van der Waals surface area contributed by atoms with Crippen LogP contribution in [0.25, 0.3) is 22.5 Å². The van der Waals surface area contributed by atoms with Crippen molar-refractivity contribution in [3.05, 3.63) is 133 Å². The molecule has 1 aliphatic heterocycles. The molecule has 0 spiro atoms. The Balaban J connectivity index is 1.75. The molecule has 0 N–H and O–H groups in total. The Morgan fingerprint density at radius 3 is 2.38 bits per heavy atom. The van der Waals surface area contributed by atoms with E-state index in [1.165, 1.54) is 11.3 Å². The van der Waals surface area contributed by atoms with E-state index in [9.17, 15) is 9.59 Å². The highest BCUT2D eigenvalue weighted by Gasteiger charge is 2.37. The molecule has 5 aromatic rings. The lowest BCUT2D eigenvalue weighted by Gasteiger charge is -2.28. The maximum Gasteiger partial charge on any atom is 0.338 e. The van der Waals surface area contributed by atoms with Crippen molar-refractivity contribution in [3.63, 3.8) is 0 Å². The average molecular weight is 577 g/mol. The average Bonchev–Trinajstić information content (AvgIpc) is 3.34. The fourth-order valence-electron chi connectivity index (χ4n) is 5.38. The van der Waals surface area contributed by atoms with Gasteiger partial charge in [0.15, 0.2) is 4.80 Å². The summed E-state index contributed by atoms with van der Waals surface area (Å²) in [5.41, 5.74) is 2.64. The first-order valence-corrected chi connectivity index (χ1v) is 14.3. The van der Waals surface area contributed by atoms with E-state index in [1.807, 2.05) is 91.0 Å². The zero-order valence-corrected chi connectivity index (χ0v) is 24.2. The molecule has 42 heavy (non-hydrogen) atoms. The summed E-state index contributed by atoms with van der Waals surface area (Å²) in [4.78, 5) is 33.6. The van der Waals surface area contributed by atoms with Crippen LogP contribution in [-0.4, -0.2) is 31.4 Å². The first-order valence-electron chi connectivity index (χ1n) is 13.5. The summed E-state index contributed by atoms with van der Waals surface area (Å²) < 4.78 is 19.1. The van der Waals surface area contributed by atoms with Crippen molar-refractivity contribution in [1.29, 1.82) is 0 Å². The molecule has 0 radical (unpaired) electrons. The van der Waals surface area contributed by atoms with Crippen LogP contribution in [0.15, 0.2) is 106 Å². The highest BCUT2D eigenvalue weighted by atomic mass is 32.1. The van der Waals surface area contributed by atoms with Crippen LogP contribution >= 0.6 is 11.3 Å². The zero-order chi connectivity index (χ0) is 29.2. The number of nitrogens with zero attached hydrogens (tertiary/aromatic N) is 2. The van der Waals surface area contributed by atoms with Crippen molar-refractivity contribution >= 4 is 39.9 Å². The van der Waals surface area contributed by atoms with Crippen molar-refractivity contribution < 1.29 is 19.0 Å². The molecule has 0 saturated heterocycles. The third-order valence-electron chi connectivity index (χ3n) is 7.22. The second kappa shape index (κ2) is 11.5. The number of thiazole rings is 1. The van der Waals surface area contributed by atoms with Crippen molar-refractivity contribution in [2.24, 2.45) is 4.99 Å². The smallest absolute Gasteiger partial charge is 0.338 e. The first-order chi connectivity index (χ1) is 20.5. The number of carbonyl (C=O) groups is 1. The summed E-state index contributed by atoms with van der Waals surface area (Å²) in [6.07, 6.45) is 1.80. The number of rotatable bonds is 7. The summed E-state index contributed by atoms with van der Waals surface area (Å²) in [6.45, 7) is 1.93. The van der Waals surface area contributed by atoms with E-state index in [0.717, 1.165) is 21.9 Å². The molecule has 0 fully saturated rings. The second-order valence-corrected chi connectivity index (χ2v) is 10.6. The molecule has 0 unspecified atom stereocenters. The minimum absolute atomic E-state index is 0.169. The summed E-state index contributed by atoms with van der Waals surface area (Å²) >= 11 is 1.26. The molecule has 1 aromatic heterocycles. The fourth-order valence-corrected chi connectivity index (χ4v) is 6.37. The standard InChI is InChI=1S/C34H28N2O5S/c1-4-41-33(38)29-30(22-13-6-5-7-14-22)35-34-36(32(37)27(42-34)20-23-15-9-11-17-25(23)39-2)31(29)28-24-16-10-8-12-21(24)18-19-26(28)40-3/h5-20,31H,4H2,1-3H3/t31-/m1/s1. The fraction of sp³-hybridized carbons (Fsp3) is 0.147. The first kappa shape index (κ1) is 27.2. The summed E-state index contributed by atoms with van der Waals surface area (Å²) in [7, 11) is 3.18. The number of aromatic nitrogens is 1. The van der Waals surface area contributed by atoms with Gasteiger partial charge in [0.25, 0.3) is 5.56 Å². The van der Waals surface area contributed by atoms with Crippen molar-refractivity contribution in [1.82, 2.24) is 4.57 Å². The van der Waals surface area contributed by atoms with Gasteiger partial charge in [-0.1, -0.05) is 90.2 Å². The highest BCUT2D eigenvalue weighted by molar-refractivity contribution is 7.07. The van der Waals surface area contributed by atoms with Gasteiger partial charge in [-0.25, -0.2) is 9.79 Å². The van der Waals surface area contributed by atoms with Crippen molar-refractivity contribution in [2.45, 2.75) is 13.0 Å². The Kier molecular flexibility index (Phi) is 7.46. The lowest BCUT2D eigenvalue weighted by molar-refractivity contribution is -0.138. The monoisotopic (exact) mass is 576 g/mol. The maximum atomic E-state index is 14.3. The molecule has 0 saturated carbocycles. The Bertz CT molecular complexity index is 2020. The number of esters is 1. The number of hydrogen-bond acceptors (Lipinski definition) is 7. The van der Waals surface area contributed by atoms with Gasteiger partial charge in [0.2, 0.25) is 0 Å². The molecule has 6 rings (SSSR count). The van der Waals surface area contributed by atoms with Crippen molar-refractivity contribution in [2.75, 3.05) is 20.8 Å². The Hall–Kier alpha value is -4.95. The molecular formula is C34H28N2O5S. The molecule has 1 atom stereocenters. The third-order valence-corrected chi connectivity index (χ3v) is 8.21. The van der Waals surface area contributed by atoms with E-state index in [0.29, 0.717) is 32.1 Å². The van der Waals surface area contributed by atoms with E-state index in [-0.39, 0.29) is 17.7 Å². The predicted octanol–water partition coefficient (Wildman–Crippen LogP) is 5.11. The van der Waals surface area contributed by atoms with Crippen LogP contribution in [0.5, 0.6) is 11.5 Å². The van der Waals surface area contributed by atoms with Crippen molar-refractivity contribution in [3.8, 4) is 11.5 Å². The molecular weight excluding hydrogens is 548 g/mol. The van der Waals surface area contributed by atoms with Gasteiger partial charge in [-0.2, -0.15) is 0 Å². The van der Waals surface area contributed by atoms with Crippen LogP contribution in [0.4, 0.5) is 0 Å². The summed E-state index contributed by atoms with van der Waals surface area (Å²) in [5.74, 6) is 0.654. The van der Waals surface area contributed by atoms with Gasteiger partial charge in [-0.3, -0.25) is 9.36 Å². The van der Waals surface area contributed by atoms with E-state index >= 15 is 0 Å². The van der Waals surface area contributed by atoms with Crippen LogP contribution in [0.1, 0.15) is 29.7 Å². The molecule has 210 valence electrons. The lowest BCUT2D eigenvalue weighted by atomic mass is 9.89.